The molecule has 0 unspecified atom stereocenters. The Morgan fingerprint density at radius 3 is 3.00 bits per heavy atom. The Labute approximate surface area is 114 Å². The second kappa shape index (κ2) is 5.98. The minimum absolute atomic E-state index is 0.0350. The van der Waals surface area contributed by atoms with Gasteiger partial charge in [-0.1, -0.05) is 12.1 Å². The van der Waals surface area contributed by atoms with Crippen molar-refractivity contribution < 1.29 is 4.74 Å². The molecule has 0 fully saturated rings. The number of hydrogen-bond acceptors (Lipinski definition) is 3. The molecule has 0 spiro atoms. The molecule has 100 valence electrons. The van der Waals surface area contributed by atoms with Gasteiger partial charge >= 0.3 is 0 Å². The number of thioether (sulfide) groups is 1. The van der Waals surface area contributed by atoms with E-state index in [4.69, 9.17) is 4.74 Å². The maximum atomic E-state index is 5.88. The van der Waals surface area contributed by atoms with Crippen LogP contribution < -0.4 is 10.1 Å². The molecule has 1 aliphatic rings. The monoisotopic (exact) mass is 265 g/mol. The fourth-order valence-corrected chi connectivity index (χ4v) is 2.78. The molecule has 2 nitrogen and oxygen atoms in total. The number of hydrogen-bond donors (Lipinski definition) is 1. The predicted molar refractivity (Wildman–Crippen MR) is 79.6 cm³/mol. The lowest BCUT2D eigenvalue weighted by molar-refractivity contribution is 0.138. The number of benzene rings is 1. The Morgan fingerprint density at radius 2 is 2.22 bits per heavy atom. The van der Waals surface area contributed by atoms with Gasteiger partial charge in [-0.2, -0.15) is 11.8 Å². The van der Waals surface area contributed by atoms with E-state index in [-0.39, 0.29) is 5.60 Å². The van der Waals surface area contributed by atoms with Crippen molar-refractivity contribution in [3.63, 3.8) is 0 Å². The molecule has 0 aliphatic carbocycles. The van der Waals surface area contributed by atoms with Crippen molar-refractivity contribution >= 4 is 11.8 Å². The minimum atomic E-state index is -0.0350. The van der Waals surface area contributed by atoms with E-state index in [1.807, 2.05) is 11.8 Å². The lowest BCUT2D eigenvalue weighted by atomic mass is 10.0. The summed E-state index contributed by atoms with van der Waals surface area (Å²) in [6, 6.07) is 6.57. The first kappa shape index (κ1) is 13.8. The summed E-state index contributed by atoms with van der Waals surface area (Å²) in [5, 5.41) is 3.49. The van der Waals surface area contributed by atoms with Crippen LogP contribution in [-0.4, -0.2) is 24.2 Å². The van der Waals surface area contributed by atoms with Crippen LogP contribution in [-0.2, 0) is 13.0 Å². The van der Waals surface area contributed by atoms with Gasteiger partial charge in [-0.25, -0.2) is 0 Å². The highest BCUT2D eigenvalue weighted by Crippen LogP contribution is 2.35. The lowest BCUT2D eigenvalue weighted by Gasteiger charge is -2.16. The van der Waals surface area contributed by atoms with Gasteiger partial charge in [0.1, 0.15) is 11.4 Å². The molecule has 1 aliphatic heterocycles. The van der Waals surface area contributed by atoms with Crippen LogP contribution >= 0.6 is 11.8 Å². The van der Waals surface area contributed by atoms with Crippen molar-refractivity contribution in [1.29, 1.82) is 0 Å². The summed E-state index contributed by atoms with van der Waals surface area (Å²) in [4.78, 5) is 0. The van der Waals surface area contributed by atoms with Crippen LogP contribution in [0.4, 0.5) is 0 Å². The van der Waals surface area contributed by atoms with Crippen molar-refractivity contribution in [1.82, 2.24) is 5.32 Å². The Morgan fingerprint density at radius 1 is 1.39 bits per heavy atom. The maximum Gasteiger partial charge on any atom is 0.123 e. The summed E-state index contributed by atoms with van der Waals surface area (Å²) < 4.78 is 5.88. The molecule has 0 aromatic heterocycles. The number of nitrogens with one attached hydrogen (secondary N) is 1. The molecule has 3 heteroatoms. The summed E-state index contributed by atoms with van der Waals surface area (Å²) in [5.74, 6) is 2.30. The molecule has 1 aromatic rings. The first-order chi connectivity index (χ1) is 8.61. The van der Waals surface area contributed by atoms with E-state index in [1.165, 1.54) is 23.3 Å². The van der Waals surface area contributed by atoms with Gasteiger partial charge in [0.2, 0.25) is 0 Å². The highest BCUT2D eigenvalue weighted by molar-refractivity contribution is 7.98. The van der Waals surface area contributed by atoms with Crippen molar-refractivity contribution in [2.24, 2.45) is 0 Å². The van der Waals surface area contributed by atoms with E-state index < -0.39 is 0 Å². The van der Waals surface area contributed by atoms with Gasteiger partial charge < -0.3 is 10.1 Å². The van der Waals surface area contributed by atoms with Gasteiger partial charge in [0.05, 0.1) is 0 Å². The summed E-state index contributed by atoms with van der Waals surface area (Å²) in [7, 11) is 0. The number of fused-ring (bicyclic) bond motifs is 1. The molecule has 0 atom stereocenters. The van der Waals surface area contributed by atoms with Crippen molar-refractivity contribution in [2.45, 2.75) is 38.8 Å². The summed E-state index contributed by atoms with van der Waals surface area (Å²) in [6.07, 6.45) is 4.41. The average molecular weight is 265 g/mol. The second-order valence-corrected chi connectivity index (χ2v) is 6.49. The van der Waals surface area contributed by atoms with Gasteiger partial charge in [-0.3, -0.25) is 0 Å². The molecule has 0 amide bonds. The zero-order chi connectivity index (χ0) is 13.0. The van der Waals surface area contributed by atoms with Crippen molar-refractivity contribution in [3.05, 3.63) is 29.3 Å². The summed E-state index contributed by atoms with van der Waals surface area (Å²) in [6.45, 7) is 6.35. The Hall–Kier alpha value is -0.670. The molecule has 18 heavy (non-hydrogen) atoms. The highest BCUT2D eigenvalue weighted by atomic mass is 32.2. The normalized spacial score (nSPS) is 16.4. The van der Waals surface area contributed by atoms with Gasteiger partial charge in [-0.15, -0.1) is 0 Å². The van der Waals surface area contributed by atoms with E-state index >= 15 is 0 Å². The van der Waals surface area contributed by atoms with E-state index in [0.29, 0.717) is 0 Å². The number of rotatable bonds is 6. The van der Waals surface area contributed by atoms with Crippen LogP contribution in [0.1, 0.15) is 31.4 Å². The fraction of sp³-hybridized carbons (Fsp3) is 0.600. The molecule has 0 bridgehead atoms. The molecular weight excluding hydrogens is 242 g/mol. The van der Waals surface area contributed by atoms with Gasteiger partial charge in [0.25, 0.3) is 0 Å². The highest BCUT2D eigenvalue weighted by Gasteiger charge is 2.29. The van der Waals surface area contributed by atoms with Crippen molar-refractivity contribution in [3.8, 4) is 5.75 Å². The molecule has 1 heterocycles. The van der Waals surface area contributed by atoms with E-state index in [0.717, 1.165) is 25.3 Å². The van der Waals surface area contributed by atoms with Crippen LogP contribution in [0.25, 0.3) is 0 Å². The summed E-state index contributed by atoms with van der Waals surface area (Å²) >= 11 is 1.91. The predicted octanol–water partition coefficient (Wildman–Crippen LogP) is 3.24. The Kier molecular flexibility index (Phi) is 4.57. The number of ether oxygens (including phenoxy) is 1. The first-order valence-corrected chi connectivity index (χ1v) is 8.00. The van der Waals surface area contributed by atoms with Crippen LogP contribution in [0.3, 0.4) is 0 Å². The first-order valence-electron chi connectivity index (χ1n) is 6.61. The van der Waals surface area contributed by atoms with Gasteiger partial charge in [0.15, 0.2) is 0 Å². The average Bonchev–Trinajstić information content (AvgIpc) is 2.62. The van der Waals surface area contributed by atoms with Gasteiger partial charge in [0, 0.05) is 13.0 Å². The summed E-state index contributed by atoms with van der Waals surface area (Å²) in [5.41, 5.74) is 2.68. The van der Waals surface area contributed by atoms with Crippen LogP contribution in [0.5, 0.6) is 5.75 Å². The fourth-order valence-electron chi connectivity index (χ4n) is 2.35. The quantitative estimate of drug-likeness (QED) is 0.798. The SMILES string of the molecule is CSCCCNCc1ccc2c(c1)CC(C)(C)O2. The molecular formula is C15H23NOS. The van der Waals surface area contributed by atoms with Crippen LogP contribution in [0.2, 0.25) is 0 Å². The second-order valence-electron chi connectivity index (χ2n) is 5.50. The van der Waals surface area contributed by atoms with E-state index in [9.17, 15) is 0 Å². The Bertz CT molecular complexity index is 403. The van der Waals surface area contributed by atoms with E-state index in [2.05, 4.69) is 43.6 Å². The lowest BCUT2D eigenvalue weighted by Crippen LogP contribution is -2.24. The molecule has 0 radical (unpaired) electrons. The Balaban J connectivity index is 1.85. The molecule has 0 saturated carbocycles. The van der Waals surface area contributed by atoms with Crippen molar-refractivity contribution in [2.75, 3.05) is 18.6 Å². The molecule has 2 rings (SSSR count). The van der Waals surface area contributed by atoms with Crippen LogP contribution in [0.15, 0.2) is 18.2 Å². The third kappa shape index (κ3) is 3.66. The standard InChI is InChI=1S/C15H23NOS/c1-15(2)10-13-9-12(5-6-14(13)17-15)11-16-7-4-8-18-3/h5-6,9,16H,4,7-8,10-11H2,1-3H3. The van der Waals surface area contributed by atoms with Gasteiger partial charge in [-0.05, 0) is 56.0 Å². The molecule has 1 N–H and O–H groups in total. The largest absolute Gasteiger partial charge is 0.487 e. The maximum absolute atomic E-state index is 5.88. The van der Waals surface area contributed by atoms with E-state index in [1.54, 1.807) is 0 Å². The molecule has 1 aromatic carbocycles. The zero-order valence-electron chi connectivity index (χ0n) is 11.6. The molecule has 0 saturated heterocycles. The third-order valence-corrected chi connectivity index (χ3v) is 3.86. The minimum Gasteiger partial charge on any atom is -0.487 e. The smallest absolute Gasteiger partial charge is 0.123 e. The third-order valence-electron chi connectivity index (χ3n) is 3.16. The topological polar surface area (TPSA) is 21.3 Å². The zero-order valence-corrected chi connectivity index (χ0v) is 12.4. The van der Waals surface area contributed by atoms with Crippen LogP contribution in [0, 0.1) is 0 Å².